The third-order valence-electron chi connectivity index (χ3n) is 5.83. The van der Waals surface area contributed by atoms with Gasteiger partial charge in [0.2, 0.25) is 0 Å². The lowest BCUT2D eigenvalue weighted by molar-refractivity contribution is 0.178. The minimum absolute atomic E-state index is 0.263. The molecule has 30 heavy (non-hydrogen) atoms. The van der Waals surface area contributed by atoms with Crippen molar-refractivity contribution < 1.29 is 4.39 Å². The largest absolute Gasteiger partial charge is 0.348 e. The van der Waals surface area contributed by atoms with Crippen molar-refractivity contribution in [2.75, 3.05) is 29.3 Å². The molecule has 4 heterocycles. The van der Waals surface area contributed by atoms with E-state index in [4.69, 9.17) is 16.6 Å². The molecule has 5 nitrogen and oxygen atoms in total. The van der Waals surface area contributed by atoms with Gasteiger partial charge < -0.3 is 14.9 Å². The zero-order valence-corrected chi connectivity index (χ0v) is 18.0. The molecule has 0 amide bonds. The van der Waals surface area contributed by atoms with Gasteiger partial charge in [0, 0.05) is 37.1 Å². The average Bonchev–Trinajstić information content (AvgIpc) is 2.68. The lowest BCUT2D eigenvalue weighted by atomic mass is 9.79. The smallest absolute Gasteiger partial charge is 0.136 e. The first-order valence-electron chi connectivity index (χ1n) is 9.85. The number of aromatic nitrogens is 2. The highest BCUT2D eigenvalue weighted by atomic mass is 35.5. The lowest BCUT2D eigenvalue weighted by Crippen LogP contribution is -2.76. The second kappa shape index (κ2) is 7.72. The molecule has 5 rings (SSSR count). The molecule has 0 bridgehead atoms. The maximum atomic E-state index is 13.7. The first-order valence-corrected chi connectivity index (χ1v) is 11.0. The number of halogens is 2. The molecular weight excluding hydrogens is 421 g/mol. The van der Waals surface area contributed by atoms with Crippen molar-refractivity contribution in [1.29, 1.82) is 0 Å². The van der Waals surface area contributed by atoms with Crippen LogP contribution >= 0.6 is 23.5 Å². The summed E-state index contributed by atoms with van der Waals surface area (Å²) < 4.78 is 17.0. The molecule has 1 aromatic carbocycles. The van der Waals surface area contributed by atoms with Gasteiger partial charge in [-0.15, -0.1) is 0 Å². The summed E-state index contributed by atoms with van der Waals surface area (Å²) >= 11 is 7.75. The molecule has 2 aliphatic heterocycles. The Kier molecular flexibility index (Phi) is 5.05. The molecule has 1 spiro atoms. The van der Waals surface area contributed by atoms with E-state index in [1.54, 1.807) is 12.1 Å². The fourth-order valence-corrected chi connectivity index (χ4v) is 4.75. The Morgan fingerprint density at radius 1 is 1.17 bits per heavy atom. The van der Waals surface area contributed by atoms with E-state index in [0.29, 0.717) is 22.1 Å². The lowest BCUT2D eigenvalue weighted by Gasteiger charge is -2.59. The van der Waals surface area contributed by atoms with Gasteiger partial charge in [-0.25, -0.2) is 14.4 Å². The number of rotatable bonds is 5. The molecule has 0 unspecified atom stereocenters. The topological polar surface area (TPSA) is 53.1 Å². The zero-order chi connectivity index (χ0) is 20.7. The fourth-order valence-electron chi connectivity index (χ4n) is 3.93. The summed E-state index contributed by atoms with van der Waals surface area (Å²) in [6.45, 7) is 5.02. The van der Waals surface area contributed by atoms with Gasteiger partial charge in [-0.3, -0.25) is 0 Å². The van der Waals surface area contributed by atoms with Crippen LogP contribution < -0.4 is 14.9 Å². The van der Waals surface area contributed by atoms with Gasteiger partial charge >= 0.3 is 0 Å². The van der Waals surface area contributed by atoms with Crippen LogP contribution in [0, 0.1) is 12.7 Å². The third kappa shape index (κ3) is 3.51. The second-order valence-electron chi connectivity index (χ2n) is 7.75. The Labute approximate surface area is 184 Å². The minimum Gasteiger partial charge on any atom is -0.348 e. The summed E-state index contributed by atoms with van der Waals surface area (Å²) in [5, 5.41) is 4.71. The van der Waals surface area contributed by atoms with Crippen molar-refractivity contribution in [3.63, 3.8) is 0 Å². The van der Waals surface area contributed by atoms with Crippen molar-refractivity contribution in [2.45, 2.75) is 23.9 Å². The molecule has 0 aliphatic carbocycles. The first kappa shape index (κ1) is 19.6. The number of pyridine rings is 2. The predicted octanol–water partition coefficient (Wildman–Crippen LogP) is 4.92. The standard InChI is InChI=1S/C22H21ClFN5S/c1-14-5-6-15(24)11-16(14)21-17(23)7-8-18(26-21)28-30-20-4-2-3-19(27-20)29-10-9-22(29)12-25-13-22/h2-8,11,25H,9-10,12-13H2,1H3,(H,26,28). The number of hydrogen-bond acceptors (Lipinski definition) is 6. The van der Waals surface area contributed by atoms with Crippen molar-refractivity contribution in [2.24, 2.45) is 0 Å². The Bertz CT molecular complexity index is 1100. The number of benzene rings is 1. The Morgan fingerprint density at radius 2 is 2.03 bits per heavy atom. The van der Waals surface area contributed by atoms with E-state index >= 15 is 0 Å². The summed E-state index contributed by atoms with van der Waals surface area (Å²) in [4.78, 5) is 11.8. The SMILES string of the molecule is Cc1ccc(F)cc1-c1nc(NSc2cccc(N3CCC34CNC4)n2)ccc1Cl. The molecule has 2 aromatic heterocycles. The maximum Gasteiger partial charge on any atom is 0.136 e. The van der Waals surface area contributed by atoms with Gasteiger partial charge in [-0.1, -0.05) is 23.7 Å². The third-order valence-corrected chi connectivity index (χ3v) is 6.88. The minimum atomic E-state index is -0.312. The number of hydrogen-bond donors (Lipinski definition) is 2. The highest BCUT2D eigenvalue weighted by molar-refractivity contribution is 8.00. The van der Waals surface area contributed by atoms with Crippen molar-refractivity contribution >= 4 is 35.2 Å². The van der Waals surface area contributed by atoms with Crippen LogP contribution in [-0.4, -0.2) is 35.1 Å². The van der Waals surface area contributed by atoms with Crippen LogP contribution in [0.4, 0.5) is 16.0 Å². The molecule has 0 atom stereocenters. The summed E-state index contributed by atoms with van der Waals surface area (Å²) in [5.41, 5.74) is 2.42. The number of anilines is 2. The Balaban J connectivity index is 1.34. The van der Waals surface area contributed by atoms with E-state index in [-0.39, 0.29) is 11.4 Å². The highest BCUT2D eigenvalue weighted by Crippen LogP contribution is 2.38. The van der Waals surface area contributed by atoms with E-state index in [1.165, 1.54) is 30.5 Å². The van der Waals surface area contributed by atoms with Gasteiger partial charge in [0.15, 0.2) is 0 Å². The molecule has 8 heteroatoms. The molecule has 0 radical (unpaired) electrons. The van der Waals surface area contributed by atoms with E-state index in [9.17, 15) is 4.39 Å². The van der Waals surface area contributed by atoms with E-state index < -0.39 is 0 Å². The molecule has 154 valence electrons. The molecule has 2 fully saturated rings. The van der Waals surface area contributed by atoms with Crippen LogP contribution in [-0.2, 0) is 0 Å². The summed E-state index contributed by atoms with van der Waals surface area (Å²) in [6, 6.07) is 14.3. The fraction of sp³-hybridized carbons (Fsp3) is 0.273. The molecular formula is C22H21ClFN5S. The van der Waals surface area contributed by atoms with E-state index in [2.05, 4.69) is 26.0 Å². The molecule has 3 aromatic rings. The Hall–Kier alpha value is -2.35. The monoisotopic (exact) mass is 441 g/mol. The van der Waals surface area contributed by atoms with E-state index in [1.807, 2.05) is 25.1 Å². The maximum absolute atomic E-state index is 13.7. The predicted molar refractivity (Wildman–Crippen MR) is 121 cm³/mol. The summed E-state index contributed by atoms with van der Waals surface area (Å²) in [6.07, 6.45) is 1.22. The molecule has 2 saturated heterocycles. The average molecular weight is 442 g/mol. The van der Waals surface area contributed by atoms with Crippen LogP contribution in [0.15, 0.2) is 53.6 Å². The number of nitrogens with zero attached hydrogens (tertiary/aromatic N) is 3. The molecule has 0 saturated carbocycles. The van der Waals surface area contributed by atoms with Crippen LogP contribution in [0.3, 0.4) is 0 Å². The van der Waals surface area contributed by atoms with Gasteiger partial charge in [0.05, 0.1) is 16.3 Å². The van der Waals surface area contributed by atoms with Crippen molar-refractivity contribution in [1.82, 2.24) is 15.3 Å². The second-order valence-corrected chi connectivity index (χ2v) is 8.99. The van der Waals surface area contributed by atoms with Gasteiger partial charge in [0.25, 0.3) is 0 Å². The number of aryl methyl sites for hydroxylation is 1. The van der Waals surface area contributed by atoms with Crippen LogP contribution in [0.5, 0.6) is 0 Å². The van der Waals surface area contributed by atoms with Crippen molar-refractivity contribution in [3.8, 4) is 11.3 Å². The summed E-state index contributed by atoms with van der Waals surface area (Å²) in [5.74, 6) is 1.33. The van der Waals surface area contributed by atoms with Crippen LogP contribution in [0.25, 0.3) is 11.3 Å². The zero-order valence-electron chi connectivity index (χ0n) is 16.5. The Morgan fingerprint density at radius 3 is 2.77 bits per heavy atom. The first-order chi connectivity index (χ1) is 14.5. The van der Waals surface area contributed by atoms with Crippen LogP contribution in [0.1, 0.15) is 12.0 Å². The van der Waals surface area contributed by atoms with Gasteiger partial charge in [-0.05, 0) is 55.3 Å². The molecule has 2 aliphatic rings. The van der Waals surface area contributed by atoms with Gasteiger partial charge in [-0.2, -0.15) is 0 Å². The van der Waals surface area contributed by atoms with E-state index in [0.717, 1.165) is 36.0 Å². The number of nitrogens with one attached hydrogen (secondary N) is 2. The normalized spacial score (nSPS) is 16.8. The highest BCUT2D eigenvalue weighted by Gasteiger charge is 2.49. The molecule has 2 N–H and O–H groups in total. The summed E-state index contributed by atoms with van der Waals surface area (Å²) in [7, 11) is 0. The quantitative estimate of drug-likeness (QED) is 0.548. The van der Waals surface area contributed by atoms with Crippen LogP contribution in [0.2, 0.25) is 5.02 Å². The van der Waals surface area contributed by atoms with Gasteiger partial charge in [0.1, 0.15) is 22.5 Å². The van der Waals surface area contributed by atoms with Crippen molar-refractivity contribution in [3.05, 3.63) is 64.9 Å².